The Balaban J connectivity index is 2.08. The van der Waals surface area contributed by atoms with Crippen LogP contribution in [0, 0.1) is 5.92 Å². The zero-order valence-electron chi connectivity index (χ0n) is 14.0. The first-order valence-corrected chi connectivity index (χ1v) is 8.44. The van der Waals surface area contributed by atoms with Gasteiger partial charge in [-0.1, -0.05) is 24.6 Å². The molecule has 1 heterocycles. The van der Waals surface area contributed by atoms with Gasteiger partial charge in [0.2, 0.25) is 0 Å². The third-order valence-electron chi connectivity index (χ3n) is 4.32. The quantitative estimate of drug-likeness (QED) is 0.858. The second kappa shape index (κ2) is 6.58. The summed E-state index contributed by atoms with van der Waals surface area (Å²) >= 11 is 6.49. The monoisotopic (exact) mass is 308 g/mol. The van der Waals surface area contributed by atoms with E-state index >= 15 is 0 Å². The van der Waals surface area contributed by atoms with Crippen molar-refractivity contribution in [2.24, 2.45) is 5.92 Å². The minimum atomic E-state index is 0.111. The molecule has 0 radical (unpaired) electrons. The maximum Gasteiger partial charge on any atom is 0.0471 e. The van der Waals surface area contributed by atoms with E-state index < -0.39 is 0 Å². The molecule has 2 unspecified atom stereocenters. The van der Waals surface area contributed by atoms with Gasteiger partial charge in [-0.15, -0.1) is 0 Å². The molecule has 2 atom stereocenters. The van der Waals surface area contributed by atoms with Gasteiger partial charge in [-0.2, -0.15) is 0 Å². The number of rotatable bonds is 3. The van der Waals surface area contributed by atoms with Crippen molar-refractivity contribution in [3.05, 3.63) is 28.8 Å². The van der Waals surface area contributed by atoms with Gasteiger partial charge in [0.1, 0.15) is 0 Å². The van der Waals surface area contributed by atoms with E-state index in [4.69, 9.17) is 11.6 Å². The van der Waals surface area contributed by atoms with E-state index in [9.17, 15) is 0 Å². The van der Waals surface area contributed by atoms with Crippen molar-refractivity contribution in [1.29, 1.82) is 0 Å². The van der Waals surface area contributed by atoms with Crippen LogP contribution >= 0.6 is 11.6 Å². The van der Waals surface area contributed by atoms with Crippen LogP contribution in [0.2, 0.25) is 5.02 Å². The standard InChI is InChI=1S/C18H29ClN2/c1-13-8-9-21(14(2)10-13)16-7-6-15(17(19)11-16)12-20-18(3,4)5/h6-7,11,13-14,20H,8-10,12H2,1-5H3. The molecule has 0 bridgehead atoms. The maximum absolute atomic E-state index is 6.49. The predicted molar refractivity (Wildman–Crippen MR) is 93.3 cm³/mol. The van der Waals surface area contributed by atoms with Crippen molar-refractivity contribution in [1.82, 2.24) is 5.32 Å². The summed E-state index contributed by atoms with van der Waals surface area (Å²) in [6, 6.07) is 7.12. The Hall–Kier alpha value is -0.730. The van der Waals surface area contributed by atoms with Gasteiger partial charge in [0, 0.05) is 35.4 Å². The number of nitrogens with zero attached hydrogens (tertiary/aromatic N) is 1. The summed E-state index contributed by atoms with van der Waals surface area (Å²) in [5.41, 5.74) is 2.55. The molecular weight excluding hydrogens is 280 g/mol. The van der Waals surface area contributed by atoms with Crippen molar-refractivity contribution < 1.29 is 0 Å². The average Bonchev–Trinajstić information content (AvgIpc) is 2.36. The molecule has 1 saturated heterocycles. The van der Waals surface area contributed by atoms with Gasteiger partial charge in [0.25, 0.3) is 0 Å². The Labute approximate surface area is 134 Å². The number of piperidine rings is 1. The van der Waals surface area contributed by atoms with E-state index in [2.05, 4.69) is 63.0 Å². The van der Waals surface area contributed by atoms with Gasteiger partial charge in [-0.25, -0.2) is 0 Å². The molecule has 2 nitrogen and oxygen atoms in total. The van der Waals surface area contributed by atoms with Crippen LogP contribution in [0.4, 0.5) is 5.69 Å². The SMILES string of the molecule is CC1CCN(c2ccc(CNC(C)(C)C)c(Cl)c2)C(C)C1. The number of nitrogens with one attached hydrogen (secondary N) is 1. The van der Waals surface area contributed by atoms with Crippen LogP contribution in [-0.4, -0.2) is 18.1 Å². The van der Waals surface area contributed by atoms with Gasteiger partial charge in [-0.05, 0) is 64.2 Å². The highest BCUT2D eigenvalue weighted by atomic mass is 35.5. The van der Waals surface area contributed by atoms with Crippen LogP contribution in [0.1, 0.15) is 53.0 Å². The summed E-state index contributed by atoms with van der Waals surface area (Å²) in [4.78, 5) is 2.49. The van der Waals surface area contributed by atoms with Crippen molar-refractivity contribution >= 4 is 17.3 Å². The molecule has 0 aliphatic carbocycles. The fraction of sp³-hybridized carbons (Fsp3) is 0.667. The van der Waals surface area contributed by atoms with Crippen LogP contribution in [0.3, 0.4) is 0 Å². The second-order valence-corrected chi connectivity index (χ2v) is 7.96. The second-order valence-electron chi connectivity index (χ2n) is 7.55. The number of benzene rings is 1. The summed E-state index contributed by atoms with van der Waals surface area (Å²) in [5, 5.41) is 4.36. The minimum Gasteiger partial charge on any atom is -0.369 e. The van der Waals surface area contributed by atoms with Crippen LogP contribution in [0.15, 0.2) is 18.2 Å². The Morgan fingerprint density at radius 3 is 2.57 bits per heavy atom. The number of halogens is 1. The fourth-order valence-electron chi connectivity index (χ4n) is 3.01. The average molecular weight is 309 g/mol. The first-order chi connectivity index (χ1) is 9.76. The highest BCUT2D eigenvalue weighted by Crippen LogP contribution is 2.30. The zero-order chi connectivity index (χ0) is 15.6. The van der Waals surface area contributed by atoms with E-state index in [0.717, 1.165) is 24.0 Å². The van der Waals surface area contributed by atoms with E-state index in [-0.39, 0.29) is 5.54 Å². The maximum atomic E-state index is 6.49. The molecule has 21 heavy (non-hydrogen) atoms. The summed E-state index contributed by atoms with van der Waals surface area (Å²) in [5.74, 6) is 0.835. The molecule has 0 saturated carbocycles. The lowest BCUT2D eigenvalue weighted by Crippen LogP contribution is -2.40. The molecule has 1 aliphatic rings. The van der Waals surface area contributed by atoms with Crippen molar-refractivity contribution in [3.8, 4) is 0 Å². The number of anilines is 1. The van der Waals surface area contributed by atoms with Gasteiger partial charge < -0.3 is 10.2 Å². The van der Waals surface area contributed by atoms with E-state index in [0.29, 0.717) is 6.04 Å². The number of hydrogen-bond donors (Lipinski definition) is 1. The lowest BCUT2D eigenvalue weighted by Gasteiger charge is -2.38. The summed E-state index contributed by atoms with van der Waals surface area (Å²) in [6.45, 7) is 13.1. The molecule has 1 fully saturated rings. The fourth-order valence-corrected chi connectivity index (χ4v) is 3.25. The normalized spacial score (nSPS) is 23.4. The smallest absolute Gasteiger partial charge is 0.0471 e. The molecular formula is C18H29ClN2. The summed E-state index contributed by atoms with van der Waals surface area (Å²) in [7, 11) is 0. The molecule has 3 heteroatoms. The zero-order valence-corrected chi connectivity index (χ0v) is 14.8. The lowest BCUT2D eigenvalue weighted by molar-refractivity contribution is 0.378. The summed E-state index contributed by atoms with van der Waals surface area (Å²) < 4.78 is 0. The first-order valence-electron chi connectivity index (χ1n) is 8.06. The van der Waals surface area contributed by atoms with Crippen LogP contribution in [-0.2, 0) is 6.54 Å². The van der Waals surface area contributed by atoms with Gasteiger partial charge >= 0.3 is 0 Å². The molecule has 118 valence electrons. The minimum absolute atomic E-state index is 0.111. The van der Waals surface area contributed by atoms with Gasteiger partial charge in [0.05, 0.1) is 0 Å². The Bertz CT molecular complexity index is 479. The molecule has 2 rings (SSSR count). The Morgan fingerprint density at radius 2 is 2.00 bits per heavy atom. The van der Waals surface area contributed by atoms with Gasteiger partial charge in [0.15, 0.2) is 0 Å². The van der Waals surface area contributed by atoms with E-state index in [1.807, 2.05) is 0 Å². The topological polar surface area (TPSA) is 15.3 Å². The summed E-state index contributed by atoms with van der Waals surface area (Å²) in [6.07, 6.45) is 2.54. The molecule has 1 aromatic rings. The van der Waals surface area contributed by atoms with Crippen molar-refractivity contribution in [2.75, 3.05) is 11.4 Å². The Kier molecular flexibility index (Phi) is 5.21. The van der Waals surface area contributed by atoms with Crippen LogP contribution < -0.4 is 10.2 Å². The first kappa shape index (κ1) is 16.6. The van der Waals surface area contributed by atoms with Crippen LogP contribution in [0.5, 0.6) is 0 Å². The number of hydrogen-bond acceptors (Lipinski definition) is 2. The van der Waals surface area contributed by atoms with Crippen molar-refractivity contribution in [2.45, 2.75) is 65.6 Å². The van der Waals surface area contributed by atoms with E-state index in [1.54, 1.807) is 0 Å². The van der Waals surface area contributed by atoms with Crippen molar-refractivity contribution in [3.63, 3.8) is 0 Å². The lowest BCUT2D eigenvalue weighted by atomic mass is 9.93. The molecule has 0 amide bonds. The predicted octanol–water partition coefficient (Wildman–Crippen LogP) is 4.85. The largest absolute Gasteiger partial charge is 0.369 e. The molecule has 1 aromatic carbocycles. The molecule has 1 N–H and O–H groups in total. The molecule has 0 aromatic heterocycles. The molecule has 0 spiro atoms. The highest BCUT2D eigenvalue weighted by molar-refractivity contribution is 6.31. The molecule has 1 aliphatic heterocycles. The third-order valence-corrected chi connectivity index (χ3v) is 4.67. The Morgan fingerprint density at radius 1 is 1.29 bits per heavy atom. The third kappa shape index (κ3) is 4.62. The van der Waals surface area contributed by atoms with Crippen LogP contribution in [0.25, 0.3) is 0 Å². The highest BCUT2D eigenvalue weighted by Gasteiger charge is 2.23. The van der Waals surface area contributed by atoms with Gasteiger partial charge in [-0.3, -0.25) is 0 Å². The van der Waals surface area contributed by atoms with E-state index in [1.165, 1.54) is 24.1 Å².